The number of hydrogen-bond donors (Lipinski definition) is 0. The van der Waals surface area contributed by atoms with Gasteiger partial charge in [-0.15, -0.1) is 11.3 Å². The second-order valence-corrected chi connectivity index (χ2v) is 3.71. The van der Waals surface area contributed by atoms with E-state index in [2.05, 4.69) is 4.98 Å². The third-order valence-corrected chi connectivity index (χ3v) is 2.63. The minimum atomic E-state index is -0.262. The number of Topliss-reactive ketones (excluding diaryl/α,β-unsaturated/α-hetero) is 1. The van der Waals surface area contributed by atoms with Gasteiger partial charge in [0, 0.05) is 24.6 Å². The Kier molecular flexibility index (Phi) is 4.05. The van der Waals surface area contributed by atoms with E-state index in [4.69, 9.17) is 4.74 Å². The van der Waals surface area contributed by atoms with Crippen LogP contribution in [0.15, 0.2) is 11.7 Å². The van der Waals surface area contributed by atoms with E-state index < -0.39 is 0 Å². The van der Waals surface area contributed by atoms with Crippen molar-refractivity contribution in [3.05, 3.63) is 16.6 Å². The molecule has 72 valence electrons. The summed E-state index contributed by atoms with van der Waals surface area (Å²) in [5.74, 6) is 0.134. The van der Waals surface area contributed by atoms with Crippen LogP contribution in [0.25, 0.3) is 0 Å². The highest BCUT2D eigenvalue weighted by Gasteiger charge is 2.15. The fourth-order valence-electron chi connectivity index (χ4n) is 1.14. The molecule has 1 rings (SSSR count). The van der Waals surface area contributed by atoms with Crippen molar-refractivity contribution < 1.29 is 9.53 Å². The Bertz CT molecular complexity index is 255. The van der Waals surface area contributed by atoms with Gasteiger partial charge in [-0.1, -0.05) is 6.92 Å². The molecule has 13 heavy (non-hydrogen) atoms. The molecule has 0 aliphatic carbocycles. The molecular formula is C9H13NO2S. The summed E-state index contributed by atoms with van der Waals surface area (Å²) in [7, 11) is 1.57. The zero-order valence-corrected chi connectivity index (χ0v) is 8.63. The lowest BCUT2D eigenvalue weighted by Gasteiger charge is -2.09. The molecule has 1 aromatic heterocycles. The summed E-state index contributed by atoms with van der Waals surface area (Å²) >= 11 is 1.50. The van der Waals surface area contributed by atoms with Crippen molar-refractivity contribution in [2.75, 3.05) is 7.11 Å². The number of ether oxygens (including phenoxy) is 1. The monoisotopic (exact) mass is 199 g/mol. The molecule has 3 nitrogen and oxygen atoms in total. The normalized spacial score (nSPS) is 12.8. The van der Waals surface area contributed by atoms with Gasteiger partial charge in [-0.2, -0.15) is 0 Å². The molecule has 1 aromatic rings. The molecule has 1 heterocycles. The quantitative estimate of drug-likeness (QED) is 0.724. The molecule has 0 saturated carbocycles. The van der Waals surface area contributed by atoms with Crippen LogP contribution in [0.2, 0.25) is 0 Å². The molecule has 1 unspecified atom stereocenters. The summed E-state index contributed by atoms with van der Waals surface area (Å²) in [4.78, 5) is 16.4. The van der Waals surface area contributed by atoms with Crippen LogP contribution >= 0.6 is 11.3 Å². The number of nitrogens with zero attached hydrogens (tertiary/aromatic N) is 1. The van der Waals surface area contributed by atoms with Crippen LogP contribution in [-0.4, -0.2) is 24.0 Å². The van der Waals surface area contributed by atoms with Gasteiger partial charge >= 0.3 is 0 Å². The van der Waals surface area contributed by atoms with E-state index in [1.165, 1.54) is 11.3 Å². The highest BCUT2D eigenvalue weighted by molar-refractivity contribution is 7.09. The average Bonchev–Trinajstić information content (AvgIpc) is 2.59. The predicted octanol–water partition coefficient (Wildman–Crippen LogP) is 1.68. The van der Waals surface area contributed by atoms with Gasteiger partial charge in [-0.3, -0.25) is 9.78 Å². The van der Waals surface area contributed by atoms with E-state index in [0.29, 0.717) is 6.42 Å². The van der Waals surface area contributed by atoms with E-state index in [-0.39, 0.29) is 11.9 Å². The molecular weight excluding hydrogens is 186 g/mol. The number of carbonyl (C=O) groups excluding carboxylic acids is 1. The van der Waals surface area contributed by atoms with Crippen molar-refractivity contribution in [3.8, 4) is 0 Å². The summed E-state index contributed by atoms with van der Waals surface area (Å²) in [6.07, 6.45) is 2.64. The maximum atomic E-state index is 11.5. The number of rotatable bonds is 5. The van der Waals surface area contributed by atoms with E-state index in [1.54, 1.807) is 18.8 Å². The van der Waals surface area contributed by atoms with Crippen molar-refractivity contribution in [2.45, 2.75) is 25.9 Å². The first-order valence-electron chi connectivity index (χ1n) is 4.20. The number of methoxy groups -OCH3 is 1. The maximum absolute atomic E-state index is 11.5. The van der Waals surface area contributed by atoms with Gasteiger partial charge in [-0.05, 0) is 6.42 Å². The standard InChI is InChI=1S/C9H13NO2S/c1-3-9(12-2)8(11)4-7-5-10-6-13-7/h5-6,9H,3-4H2,1-2H3. The Morgan fingerprint density at radius 2 is 2.54 bits per heavy atom. The average molecular weight is 199 g/mol. The second-order valence-electron chi connectivity index (χ2n) is 2.74. The molecule has 0 radical (unpaired) electrons. The lowest BCUT2D eigenvalue weighted by Crippen LogP contribution is -2.23. The highest BCUT2D eigenvalue weighted by Crippen LogP contribution is 2.09. The minimum absolute atomic E-state index is 0.134. The predicted molar refractivity (Wildman–Crippen MR) is 51.9 cm³/mol. The van der Waals surface area contributed by atoms with Crippen LogP contribution in [0.5, 0.6) is 0 Å². The Balaban J connectivity index is 2.49. The first-order valence-corrected chi connectivity index (χ1v) is 5.08. The van der Waals surface area contributed by atoms with Crippen LogP contribution in [0.3, 0.4) is 0 Å². The SMILES string of the molecule is CCC(OC)C(=O)Cc1cncs1. The first kappa shape index (κ1) is 10.3. The summed E-state index contributed by atoms with van der Waals surface area (Å²) in [6, 6.07) is 0. The Labute approximate surface area is 81.8 Å². The smallest absolute Gasteiger partial charge is 0.166 e. The van der Waals surface area contributed by atoms with Gasteiger partial charge in [0.05, 0.1) is 5.51 Å². The molecule has 0 fully saturated rings. The minimum Gasteiger partial charge on any atom is -0.374 e. The molecule has 0 aliphatic heterocycles. The summed E-state index contributed by atoms with van der Waals surface area (Å²) < 4.78 is 5.04. The van der Waals surface area contributed by atoms with E-state index in [0.717, 1.165) is 11.3 Å². The van der Waals surface area contributed by atoms with Crippen molar-refractivity contribution in [1.29, 1.82) is 0 Å². The van der Waals surface area contributed by atoms with Gasteiger partial charge in [-0.25, -0.2) is 0 Å². The van der Waals surface area contributed by atoms with Crippen LogP contribution in [0.4, 0.5) is 0 Å². The Morgan fingerprint density at radius 3 is 3.00 bits per heavy atom. The van der Waals surface area contributed by atoms with Crippen molar-refractivity contribution in [2.24, 2.45) is 0 Å². The van der Waals surface area contributed by atoms with Gasteiger partial charge in [0.25, 0.3) is 0 Å². The summed E-state index contributed by atoms with van der Waals surface area (Å²) in [5.41, 5.74) is 1.73. The fourth-order valence-corrected chi connectivity index (χ4v) is 1.75. The summed E-state index contributed by atoms with van der Waals surface area (Å²) in [6.45, 7) is 1.94. The topological polar surface area (TPSA) is 39.2 Å². The Morgan fingerprint density at radius 1 is 1.77 bits per heavy atom. The van der Waals surface area contributed by atoms with E-state index in [9.17, 15) is 4.79 Å². The second kappa shape index (κ2) is 5.09. The van der Waals surface area contributed by atoms with Crippen molar-refractivity contribution >= 4 is 17.1 Å². The third-order valence-electron chi connectivity index (χ3n) is 1.85. The van der Waals surface area contributed by atoms with Crippen LogP contribution in [-0.2, 0) is 16.0 Å². The molecule has 0 amide bonds. The Hall–Kier alpha value is -0.740. The number of thiazole rings is 1. The maximum Gasteiger partial charge on any atom is 0.166 e. The molecule has 4 heteroatoms. The molecule has 0 spiro atoms. The number of carbonyl (C=O) groups is 1. The van der Waals surface area contributed by atoms with Gasteiger partial charge < -0.3 is 4.74 Å². The lowest BCUT2D eigenvalue weighted by molar-refractivity contribution is -0.128. The number of ketones is 1. The largest absolute Gasteiger partial charge is 0.374 e. The van der Waals surface area contributed by atoms with Crippen molar-refractivity contribution in [3.63, 3.8) is 0 Å². The third kappa shape index (κ3) is 2.90. The van der Waals surface area contributed by atoms with Crippen LogP contribution in [0.1, 0.15) is 18.2 Å². The van der Waals surface area contributed by atoms with Crippen molar-refractivity contribution in [1.82, 2.24) is 4.98 Å². The highest BCUT2D eigenvalue weighted by atomic mass is 32.1. The lowest BCUT2D eigenvalue weighted by atomic mass is 10.1. The molecule has 0 aliphatic rings. The number of hydrogen-bond acceptors (Lipinski definition) is 4. The van der Waals surface area contributed by atoms with Crippen LogP contribution in [0, 0.1) is 0 Å². The molecule has 0 aromatic carbocycles. The van der Waals surface area contributed by atoms with Gasteiger partial charge in [0.2, 0.25) is 0 Å². The van der Waals surface area contributed by atoms with E-state index in [1.807, 2.05) is 6.92 Å². The van der Waals surface area contributed by atoms with E-state index >= 15 is 0 Å². The zero-order valence-electron chi connectivity index (χ0n) is 7.82. The molecule has 0 bridgehead atoms. The van der Waals surface area contributed by atoms with Crippen LogP contribution < -0.4 is 0 Å². The van der Waals surface area contributed by atoms with Gasteiger partial charge in [0.15, 0.2) is 5.78 Å². The zero-order chi connectivity index (χ0) is 9.68. The molecule has 1 atom stereocenters. The number of aromatic nitrogens is 1. The fraction of sp³-hybridized carbons (Fsp3) is 0.556. The first-order chi connectivity index (χ1) is 6.27. The molecule has 0 N–H and O–H groups in total. The van der Waals surface area contributed by atoms with Gasteiger partial charge in [0.1, 0.15) is 6.10 Å². The molecule has 0 saturated heterocycles. The summed E-state index contributed by atoms with van der Waals surface area (Å²) in [5, 5.41) is 0.